The van der Waals surface area contributed by atoms with Crippen molar-refractivity contribution in [2.24, 2.45) is 0 Å². The third-order valence-electron chi connectivity index (χ3n) is 4.49. The minimum absolute atomic E-state index is 0.0261. The van der Waals surface area contributed by atoms with E-state index >= 15 is 0 Å². The predicted molar refractivity (Wildman–Crippen MR) is 106 cm³/mol. The van der Waals surface area contributed by atoms with Crippen molar-refractivity contribution < 1.29 is 9.53 Å². The summed E-state index contributed by atoms with van der Waals surface area (Å²) in [6.07, 6.45) is 0.117. The maximum Gasteiger partial charge on any atom is 0.263 e. The molecule has 138 valence electrons. The lowest BCUT2D eigenvalue weighted by atomic mass is 10.2. The van der Waals surface area contributed by atoms with Crippen LogP contribution < -0.4 is 9.64 Å². The number of anilines is 1. The van der Waals surface area contributed by atoms with Crippen LogP contribution in [0.4, 0.5) is 5.69 Å². The van der Waals surface area contributed by atoms with Gasteiger partial charge in [0.1, 0.15) is 5.75 Å². The van der Waals surface area contributed by atoms with Crippen molar-refractivity contribution >= 4 is 34.8 Å². The molecule has 1 atom stereocenters. The summed E-state index contributed by atoms with van der Waals surface area (Å²) in [7, 11) is 0. The lowest BCUT2D eigenvalue weighted by molar-refractivity contribution is -0.139. The molecule has 6 heteroatoms. The topological polar surface area (TPSA) is 32.8 Å². The number of nitrogens with zero attached hydrogens (tertiary/aromatic N) is 2. The van der Waals surface area contributed by atoms with Gasteiger partial charge in [-0.25, -0.2) is 0 Å². The highest BCUT2D eigenvalue weighted by atomic mass is 35.5. The van der Waals surface area contributed by atoms with Gasteiger partial charge in [-0.1, -0.05) is 42.3 Å². The quantitative estimate of drug-likeness (QED) is 0.750. The van der Waals surface area contributed by atoms with Gasteiger partial charge in [-0.3, -0.25) is 4.79 Å². The monoisotopic (exact) mass is 392 g/mol. The molecular formula is C20H22Cl2N2O2. The SMILES string of the molecule is CC[C@@H](Oc1cccc(Cl)c1)C(=O)N1CCN(c2cccc(Cl)c2)CC1. The van der Waals surface area contributed by atoms with E-state index in [9.17, 15) is 4.79 Å². The zero-order valence-electron chi connectivity index (χ0n) is 14.7. The number of piperazine rings is 1. The smallest absolute Gasteiger partial charge is 0.263 e. The molecule has 2 aromatic carbocycles. The molecule has 0 radical (unpaired) electrons. The lowest BCUT2D eigenvalue weighted by Crippen LogP contribution is -2.52. The molecule has 0 bridgehead atoms. The van der Waals surface area contributed by atoms with Gasteiger partial charge in [0.25, 0.3) is 5.91 Å². The fourth-order valence-corrected chi connectivity index (χ4v) is 3.44. The lowest BCUT2D eigenvalue weighted by Gasteiger charge is -2.37. The Morgan fingerprint density at radius 2 is 1.69 bits per heavy atom. The first-order valence-corrected chi connectivity index (χ1v) is 9.54. The molecule has 0 unspecified atom stereocenters. The molecule has 1 heterocycles. The van der Waals surface area contributed by atoms with Crippen molar-refractivity contribution in [2.45, 2.75) is 19.4 Å². The van der Waals surface area contributed by atoms with E-state index < -0.39 is 6.10 Å². The second-order valence-electron chi connectivity index (χ2n) is 6.26. The molecule has 0 saturated carbocycles. The molecule has 3 rings (SSSR count). The molecule has 1 aliphatic heterocycles. The van der Waals surface area contributed by atoms with Crippen LogP contribution in [0.2, 0.25) is 10.0 Å². The second-order valence-corrected chi connectivity index (χ2v) is 7.14. The molecule has 1 aliphatic rings. The summed E-state index contributed by atoms with van der Waals surface area (Å²) in [5.41, 5.74) is 1.09. The van der Waals surface area contributed by atoms with Crippen LogP contribution in [-0.2, 0) is 4.79 Å². The summed E-state index contributed by atoms with van der Waals surface area (Å²) in [4.78, 5) is 17.0. The maximum absolute atomic E-state index is 12.8. The zero-order chi connectivity index (χ0) is 18.5. The van der Waals surface area contributed by atoms with E-state index in [0.717, 1.165) is 23.8 Å². The third kappa shape index (κ3) is 4.63. The highest BCUT2D eigenvalue weighted by molar-refractivity contribution is 6.31. The van der Waals surface area contributed by atoms with Crippen LogP contribution in [0.5, 0.6) is 5.75 Å². The normalized spacial score (nSPS) is 15.7. The fourth-order valence-electron chi connectivity index (χ4n) is 3.07. The van der Waals surface area contributed by atoms with E-state index in [0.29, 0.717) is 30.3 Å². The summed E-state index contributed by atoms with van der Waals surface area (Å²) in [5.74, 6) is 0.647. The van der Waals surface area contributed by atoms with Gasteiger partial charge in [0.05, 0.1) is 0 Å². The average Bonchev–Trinajstić information content (AvgIpc) is 2.66. The molecule has 1 amide bonds. The molecular weight excluding hydrogens is 371 g/mol. The van der Waals surface area contributed by atoms with Gasteiger partial charge >= 0.3 is 0 Å². The number of benzene rings is 2. The van der Waals surface area contributed by atoms with Crippen LogP contribution in [0.25, 0.3) is 0 Å². The molecule has 0 aliphatic carbocycles. The molecule has 2 aromatic rings. The first-order chi connectivity index (χ1) is 12.6. The molecule has 1 saturated heterocycles. The Morgan fingerprint density at radius 3 is 2.31 bits per heavy atom. The van der Waals surface area contributed by atoms with Gasteiger partial charge in [-0.15, -0.1) is 0 Å². The Hall–Kier alpha value is -1.91. The van der Waals surface area contributed by atoms with Crippen LogP contribution >= 0.6 is 23.2 Å². The first-order valence-electron chi connectivity index (χ1n) is 8.78. The van der Waals surface area contributed by atoms with Crippen molar-refractivity contribution in [3.05, 3.63) is 58.6 Å². The zero-order valence-corrected chi connectivity index (χ0v) is 16.2. The predicted octanol–water partition coefficient (Wildman–Crippen LogP) is 4.50. The fraction of sp³-hybridized carbons (Fsp3) is 0.350. The molecule has 0 spiro atoms. The Balaban J connectivity index is 1.59. The van der Waals surface area contributed by atoms with Gasteiger partial charge in [0, 0.05) is 41.9 Å². The second kappa shape index (κ2) is 8.65. The van der Waals surface area contributed by atoms with Crippen molar-refractivity contribution in [2.75, 3.05) is 31.1 Å². The number of halogens is 2. The average molecular weight is 393 g/mol. The van der Waals surface area contributed by atoms with Gasteiger partial charge in [0.15, 0.2) is 6.10 Å². The van der Waals surface area contributed by atoms with E-state index in [1.807, 2.05) is 48.2 Å². The number of hydrogen-bond acceptors (Lipinski definition) is 3. The molecule has 26 heavy (non-hydrogen) atoms. The standard InChI is InChI=1S/C20H22Cl2N2O2/c1-2-19(26-18-8-4-6-16(22)14-18)20(25)24-11-9-23(10-12-24)17-7-3-5-15(21)13-17/h3-8,13-14,19H,2,9-12H2,1H3/t19-/m1/s1. The van der Waals surface area contributed by atoms with Crippen LogP contribution in [0, 0.1) is 0 Å². The number of hydrogen-bond donors (Lipinski definition) is 0. The van der Waals surface area contributed by atoms with E-state index in [-0.39, 0.29) is 5.91 Å². The number of ether oxygens (including phenoxy) is 1. The summed E-state index contributed by atoms with van der Waals surface area (Å²) in [6.45, 7) is 4.84. The molecule has 4 nitrogen and oxygen atoms in total. The summed E-state index contributed by atoms with van der Waals surface area (Å²) in [5, 5.41) is 1.32. The van der Waals surface area contributed by atoms with Crippen LogP contribution in [-0.4, -0.2) is 43.1 Å². The van der Waals surface area contributed by atoms with Crippen molar-refractivity contribution in [3.63, 3.8) is 0 Å². The van der Waals surface area contributed by atoms with Crippen LogP contribution in [0.15, 0.2) is 48.5 Å². The maximum atomic E-state index is 12.8. The largest absolute Gasteiger partial charge is 0.481 e. The highest BCUT2D eigenvalue weighted by Gasteiger charge is 2.28. The van der Waals surface area contributed by atoms with Crippen LogP contribution in [0.3, 0.4) is 0 Å². The van der Waals surface area contributed by atoms with Gasteiger partial charge < -0.3 is 14.5 Å². The number of carbonyl (C=O) groups is 1. The number of rotatable bonds is 5. The molecule has 0 aromatic heterocycles. The summed E-state index contributed by atoms with van der Waals surface area (Å²) in [6, 6.07) is 15.0. The number of amides is 1. The van der Waals surface area contributed by atoms with Crippen molar-refractivity contribution in [1.29, 1.82) is 0 Å². The van der Waals surface area contributed by atoms with E-state index in [1.54, 1.807) is 12.1 Å². The van der Waals surface area contributed by atoms with E-state index in [4.69, 9.17) is 27.9 Å². The highest BCUT2D eigenvalue weighted by Crippen LogP contribution is 2.22. The Labute approximate surface area is 164 Å². The Kier molecular flexibility index (Phi) is 6.28. The van der Waals surface area contributed by atoms with Crippen molar-refractivity contribution in [3.8, 4) is 5.75 Å². The van der Waals surface area contributed by atoms with Gasteiger partial charge in [-0.05, 0) is 42.8 Å². The van der Waals surface area contributed by atoms with Crippen molar-refractivity contribution in [1.82, 2.24) is 4.90 Å². The first kappa shape index (κ1) is 18.9. The Morgan fingerprint density at radius 1 is 1.04 bits per heavy atom. The van der Waals surface area contributed by atoms with E-state index in [1.165, 1.54) is 0 Å². The minimum atomic E-state index is -0.494. The van der Waals surface area contributed by atoms with E-state index in [2.05, 4.69) is 4.90 Å². The molecule has 0 N–H and O–H groups in total. The summed E-state index contributed by atoms with van der Waals surface area (Å²) < 4.78 is 5.88. The minimum Gasteiger partial charge on any atom is -0.481 e. The Bertz CT molecular complexity index is 761. The third-order valence-corrected chi connectivity index (χ3v) is 4.96. The van der Waals surface area contributed by atoms with Crippen LogP contribution in [0.1, 0.15) is 13.3 Å². The van der Waals surface area contributed by atoms with Gasteiger partial charge in [0.2, 0.25) is 0 Å². The molecule has 1 fully saturated rings. The van der Waals surface area contributed by atoms with Gasteiger partial charge in [-0.2, -0.15) is 0 Å². The summed E-state index contributed by atoms with van der Waals surface area (Å²) >= 11 is 12.1. The number of carbonyl (C=O) groups excluding carboxylic acids is 1.